The molecule has 0 saturated heterocycles. The summed E-state index contributed by atoms with van der Waals surface area (Å²) in [6.07, 6.45) is 4.65. The van der Waals surface area contributed by atoms with E-state index in [-0.39, 0.29) is 23.8 Å². The molecule has 1 fully saturated rings. The van der Waals surface area contributed by atoms with Crippen LogP contribution in [0.2, 0.25) is 0 Å². The molecule has 2 aromatic carbocycles. The van der Waals surface area contributed by atoms with E-state index in [1.165, 1.54) is 11.1 Å². The van der Waals surface area contributed by atoms with E-state index in [0.717, 1.165) is 43.5 Å². The Bertz CT molecular complexity index is 911. The van der Waals surface area contributed by atoms with Crippen molar-refractivity contribution in [2.24, 2.45) is 5.92 Å². The van der Waals surface area contributed by atoms with Gasteiger partial charge in [-0.25, -0.2) is 0 Å². The third-order valence-electron chi connectivity index (χ3n) is 6.44. The Labute approximate surface area is 178 Å². The van der Waals surface area contributed by atoms with Gasteiger partial charge in [0.05, 0.1) is 13.0 Å². The molecule has 5 nitrogen and oxygen atoms in total. The molecule has 0 radical (unpaired) electrons. The summed E-state index contributed by atoms with van der Waals surface area (Å²) < 4.78 is 5.37. The normalized spacial score (nSPS) is 20.5. The molecule has 0 aromatic heterocycles. The summed E-state index contributed by atoms with van der Waals surface area (Å²) in [4.78, 5) is 27.8. The highest BCUT2D eigenvalue weighted by Gasteiger charge is 2.37. The molecule has 2 aromatic rings. The van der Waals surface area contributed by atoms with Crippen LogP contribution >= 0.6 is 0 Å². The second-order valence-electron chi connectivity index (χ2n) is 8.30. The molecule has 30 heavy (non-hydrogen) atoms. The van der Waals surface area contributed by atoms with Crippen LogP contribution in [0.15, 0.2) is 48.5 Å². The molecule has 1 aliphatic carbocycles. The predicted octanol–water partition coefficient (Wildman–Crippen LogP) is 3.50. The van der Waals surface area contributed by atoms with Crippen molar-refractivity contribution in [1.82, 2.24) is 10.2 Å². The molecule has 0 unspecified atom stereocenters. The zero-order valence-electron chi connectivity index (χ0n) is 17.6. The quantitative estimate of drug-likeness (QED) is 0.799. The molecular formula is C25H30N2O3. The number of ether oxygens (including phenoxy) is 1. The summed E-state index contributed by atoms with van der Waals surface area (Å²) in [5.41, 5.74) is 3.61. The SMILES string of the molecule is COc1ccccc1CCC(=O)N[C@@H]1CCC[C@@H]1C(=O)N1CCc2ccccc2C1. The van der Waals surface area contributed by atoms with Gasteiger partial charge in [-0.3, -0.25) is 9.59 Å². The summed E-state index contributed by atoms with van der Waals surface area (Å²) in [6, 6.07) is 16.1. The molecule has 5 heteroatoms. The van der Waals surface area contributed by atoms with Gasteiger partial charge in [-0.05, 0) is 48.4 Å². The molecule has 0 spiro atoms. The van der Waals surface area contributed by atoms with E-state index in [4.69, 9.17) is 4.74 Å². The van der Waals surface area contributed by atoms with Crippen molar-refractivity contribution in [3.8, 4) is 5.75 Å². The number of carbonyl (C=O) groups excluding carboxylic acids is 2. The van der Waals surface area contributed by atoms with E-state index < -0.39 is 0 Å². The number of hydrogen-bond donors (Lipinski definition) is 1. The number of nitrogens with one attached hydrogen (secondary N) is 1. The smallest absolute Gasteiger partial charge is 0.228 e. The van der Waals surface area contributed by atoms with Crippen molar-refractivity contribution in [3.63, 3.8) is 0 Å². The third-order valence-corrected chi connectivity index (χ3v) is 6.44. The van der Waals surface area contributed by atoms with Crippen LogP contribution < -0.4 is 10.1 Å². The van der Waals surface area contributed by atoms with E-state index in [1.807, 2.05) is 35.2 Å². The predicted molar refractivity (Wildman–Crippen MR) is 116 cm³/mol. The summed E-state index contributed by atoms with van der Waals surface area (Å²) >= 11 is 0. The average Bonchev–Trinajstić information content (AvgIpc) is 3.25. The van der Waals surface area contributed by atoms with Crippen molar-refractivity contribution >= 4 is 11.8 Å². The van der Waals surface area contributed by atoms with Crippen molar-refractivity contribution < 1.29 is 14.3 Å². The van der Waals surface area contributed by atoms with Gasteiger partial charge in [0, 0.05) is 25.6 Å². The fourth-order valence-corrected chi connectivity index (χ4v) is 4.78. The van der Waals surface area contributed by atoms with Crippen LogP contribution in [0.25, 0.3) is 0 Å². The second-order valence-corrected chi connectivity index (χ2v) is 8.30. The van der Waals surface area contributed by atoms with E-state index in [9.17, 15) is 9.59 Å². The fourth-order valence-electron chi connectivity index (χ4n) is 4.78. The molecule has 0 bridgehead atoms. The summed E-state index contributed by atoms with van der Waals surface area (Å²) in [6.45, 7) is 1.45. The maximum absolute atomic E-state index is 13.2. The Balaban J connectivity index is 1.33. The molecule has 158 valence electrons. The molecule has 2 aliphatic rings. The maximum atomic E-state index is 13.2. The van der Waals surface area contributed by atoms with E-state index in [1.54, 1.807) is 7.11 Å². The highest BCUT2D eigenvalue weighted by molar-refractivity contribution is 5.82. The number of aryl methyl sites for hydroxylation is 1. The molecule has 2 atom stereocenters. The minimum atomic E-state index is -0.106. The first-order valence-electron chi connectivity index (χ1n) is 10.9. The molecular weight excluding hydrogens is 376 g/mol. The zero-order valence-corrected chi connectivity index (χ0v) is 17.6. The molecule has 1 aliphatic heterocycles. The molecule has 1 N–H and O–H groups in total. The standard InChI is InChI=1S/C25H30N2O3/c1-30-23-12-5-4-8-19(23)13-14-24(28)26-22-11-6-10-21(22)25(29)27-16-15-18-7-2-3-9-20(18)17-27/h2-5,7-9,12,21-22H,6,10-11,13-17H2,1H3,(H,26,28)/t21-,22+/m0/s1. The molecule has 1 saturated carbocycles. The molecule has 2 amide bonds. The lowest BCUT2D eigenvalue weighted by Crippen LogP contribution is -2.47. The maximum Gasteiger partial charge on any atom is 0.228 e. The van der Waals surface area contributed by atoms with Gasteiger partial charge in [0.15, 0.2) is 0 Å². The monoisotopic (exact) mass is 406 g/mol. The lowest BCUT2D eigenvalue weighted by molar-refractivity contribution is -0.137. The van der Waals surface area contributed by atoms with E-state index >= 15 is 0 Å². The minimum absolute atomic E-state index is 0.00889. The number of rotatable bonds is 6. The van der Waals surface area contributed by atoms with Gasteiger partial charge < -0.3 is 15.0 Å². The number of para-hydroxylation sites is 1. The second kappa shape index (κ2) is 9.33. The van der Waals surface area contributed by atoms with Crippen molar-refractivity contribution in [2.45, 2.75) is 51.1 Å². The van der Waals surface area contributed by atoms with Crippen molar-refractivity contribution in [3.05, 3.63) is 65.2 Å². The van der Waals surface area contributed by atoms with Crippen LogP contribution in [0, 0.1) is 5.92 Å². The molecule has 4 rings (SSSR count). The number of methoxy groups -OCH3 is 1. The average molecular weight is 407 g/mol. The van der Waals surface area contributed by atoms with Gasteiger partial charge in [-0.15, -0.1) is 0 Å². The lowest BCUT2D eigenvalue weighted by atomic mass is 9.96. The third kappa shape index (κ3) is 4.50. The highest BCUT2D eigenvalue weighted by Crippen LogP contribution is 2.30. The Morgan fingerprint density at radius 1 is 1.07 bits per heavy atom. The van der Waals surface area contributed by atoms with Gasteiger partial charge in [0.1, 0.15) is 5.75 Å². The van der Waals surface area contributed by atoms with Gasteiger partial charge in [0.25, 0.3) is 0 Å². The Morgan fingerprint density at radius 3 is 2.67 bits per heavy atom. The fraction of sp³-hybridized carbons (Fsp3) is 0.440. The number of fused-ring (bicyclic) bond motifs is 1. The van der Waals surface area contributed by atoms with Gasteiger partial charge in [-0.1, -0.05) is 48.9 Å². The first kappa shape index (κ1) is 20.5. The van der Waals surface area contributed by atoms with Crippen LogP contribution in [-0.2, 0) is 29.0 Å². The summed E-state index contributed by atoms with van der Waals surface area (Å²) in [7, 11) is 1.65. The van der Waals surface area contributed by atoms with Crippen molar-refractivity contribution in [1.29, 1.82) is 0 Å². The number of hydrogen-bond acceptors (Lipinski definition) is 3. The largest absolute Gasteiger partial charge is 0.496 e. The number of carbonyl (C=O) groups is 2. The Kier molecular flexibility index (Phi) is 6.36. The Hall–Kier alpha value is -2.82. The minimum Gasteiger partial charge on any atom is -0.496 e. The first-order valence-corrected chi connectivity index (χ1v) is 10.9. The lowest BCUT2D eigenvalue weighted by Gasteiger charge is -2.32. The number of amides is 2. The van der Waals surface area contributed by atoms with Gasteiger partial charge >= 0.3 is 0 Å². The number of benzene rings is 2. The summed E-state index contributed by atoms with van der Waals surface area (Å²) in [5.74, 6) is 0.904. The van der Waals surface area contributed by atoms with Crippen molar-refractivity contribution in [2.75, 3.05) is 13.7 Å². The van der Waals surface area contributed by atoms with Crippen LogP contribution in [0.5, 0.6) is 5.75 Å². The van der Waals surface area contributed by atoms with Crippen LogP contribution in [0.1, 0.15) is 42.4 Å². The summed E-state index contributed by atoms with van der Waals surface area (Å²) in [5, 5.41) is 3.15. The first-order chi connectivity index (χ1) is 14.7. The van der Waals surface area contributed by atoms with E-state index in [2.05, 4.69) is 23.5 Å². The topological polar surface area (TPSA) is 58.6 Å². The van der Waals surface area contributed by atoms with Crippen LogP contribution in [-0.4, -0.2) is 36.4 Å². The van der Waals surface area contributed by atoms with Crippen LogP contribution in [0.4, 0.5) is 0 Å². The zero-order chi connectivity index (χ0) is 20.9. The molecule has 1 heterocycles. The van der Waals surface area contributed by atoms with Gasteiger partial charge in [-0.2, -0.15) is 0 Å². The Morgan fingerprint density at radius 2 is 1.83 bits per heavy atom. The van der Waals surface area contributed by atoms with Gasteiger partial charge in [0.2, 0.25) is 11.8 Å². The number of nitrogens with zero attached hydrogens (tertiary/aromatic N) is 1. The van der Waals surface area contributed by atoms with E-state index in [0.29, 0.717) is 19.4 Å². The van der Waals surface area contributed by atoms with Crippen LogP contribution in [0.3, 0.4) is 0 Å². The highest BCUT2D eigenvalue weighted by atomic mass is 16.5.